The standard InChI is InChI=1S/C18H23FN4O2/c19-14-2-4-15(5-3-14)23-13-8-17(21-23)18(25)20-9-1-10-22-11-6-16(24)7-12-22/h2-5,8,13,16,24H,1,6-7,9-12H2,(H,20,25). The van der Waals surface area contributed by atoms with Gasteiger partial charge >= 0.3 is 0 Å². The van der Waals surface area contributed by atoms with Crippen LogP contribution in [-0.4, -0.2) is 58.0 Å². The average Bonchev–Trinajstić information content (AvgIpc) is 3.11. The lowest BCUT2D eigenvalue weighted by Crippen LogP contribution is -2.37. The van der Waals surface area contributed by atoms with Crippen molar-refractivity contribution in [3.8, 4) is 5.69 Å². The van der Waals surface area contributed by atoms with Gasteiger partial charge in [0.1, 0.15) is 5.82 Å². The Morgan fingerprint density at radius 1 is 1.24 bits per heavy atom. The molecular weight excluding hydrogens is 323 g/mol. The maximum atomic E-state index is 13.0. The van der Waals surface area contributed by atoms with Crippen LogP contribution in [0.2, 0.25) is 0 Å². The van der Waals surface area contributed by atoms with Gasteiger partial charge in [-0.1, -0.05) is 0 Å². The highest BCUT2D eigenvalue weighted by Crippen LogP contribution is 2.10. The summed E-state index contributed by atoms with van der Waals surface area (Å²) in [6, 6.07) is 7.58. The molecule has 7 heteroatoms. The van der Waals surface area contributed by atoms with Gasteiger partial charge in [-0.15, -0.1) is 0 Å². The van der Waals surface area contributed by atoms with E-state index in [2.05, 4.69) is 15.3 Å². The van der Waals surface area contributed by atoms with Crippen molar-refractivity contribution < 1.29 is 14.3 Å². The van der Waals surface area contributed by atoms with Gasteiger partial charge < -0.3 is 15.3 Å². The van der Waals surface area contributed by atoms with Crippen molar-refractivity contribution in [2.75, 3.05) is 26.2 Å². The minimum atomic E-state index is -0.308. The van der Waals surface area contributed by atoms with Crippen LogP contribution in [0.5, 0.6) is 0 Å². The molecule has 2 aromatic rings. The Balaban J connectivity index is 1.43. The summed E-state index contributed by atoms with van der Waals surface area (Å²) in [6.45, 7) is 3.33. The molecule has 2 heterocycles. The third-order valence-electron chi connectivity index (χ3n) is 4.41. The van der Waals surface area contributed by atoms with Crippen molar-refractivity contribution in [3.05, 3.63) is 48.0 Å². The smallest absolute Gasteiger partial charge is 0.271 e. The largest absolute Gasteiger partial charge is 0.393 e. The number of piperidine rings is 1. The topological polar surface area (TPSA) is 70.4 Å². The lowest BCUT2D eigenvalue weighted by Gasteiger charge is -2.29. The van der Waals surface area contributed by atoms with Crippen molar-refractivity contribution >= 4 is 5.91 Å². The summed E-state index contributed by atoms with van der Waals surface area (Å²) in [6.07, 6.45) is 4.04. The van der Waals surface area contributed by atoms with Crippen molar-refractivity contribution in [1.29, 1.82) is 0 Å². The van der Waals surface area contributed by atoms with Crippen LogP contribution in [0.15, 0.2) is 36.5 Å². The zero-order valence-corrected chi connectivity index (χ0v) is 14.1. The van der Waals surface area contributed by atoms with Crippen LogP contribution >= 0.6 is 0 Å². The van der Waals surface area contributed by atoms with Gasteiger partial charge in [0.15, 0.2) is 5.69 Å². The number of carbonyl (C=O) groups is 1. The third-order valence-corrected chi connectivity index (χ3v) is 4.41. The number of aliphatic hydroxyl groups is 1. The minimum absolute atomic E-state index is 0.160. The van der Waals surface area contributed by atoms with Gasteiger partial charge in [-0.3, -0.25) is 4.79 Å². The van der Waals surface area contributed by atoms with E-state index in [9.17, 15) is 14.3 Å². The molecule has 0 unspecified atom stereocenters. The fourth-order valence-corrected chi connectivity index (χ4v) is 2.92. The normalized spacial score (nSPS) is 16.1. The molecule has 0 saturated carbocycles. The first kappa shape index (κ1) is 17.6. The first-order valence-electron chi connectivity index (χ1n) is 8.62. The lowest BCUT2D eigenvalue weighted by molar-refractivity contribution is 0.0816. The Labute approximate surface area is 146 Å². The molecule has 1 aromatic carbocycles. The van der Waals surface area contributed by atoms with Crippen LogP contribution in [0, 0.1) is 5.82 Å². The second kappa shape index (κ2) is 8.22. The zero-order valence-electron chi connectivity index (χ0n) is 14.1. The van der Waals surface area contributed by atoms with E-state index in [1.165, 1.54) is 12.1 Å². The van der Waals surface area contributed by atoms with Crippen molar-refractivity contribution in [1.82, 2.24) is 20.0 Å². The summed E-state index contributed by atoms with van der Waals surface area (Å²) in [5.41, 5.74) is 1.04. The third kappa shape index (κ3) is 4.87. The number of aliphatic hydroxyl groups excluding tert-OH is 1. The molecule has 1 aromatic heterocycles. The van der Waals surface area contributed by atoms with Crippen LogP contribution in [0.3, 0.4) is 0 Å². The molecule has 1 aliphatic rings. The van der Waals surface area contributed by atoms with E-state index in [-0.39, 0.29) is 17.8 Å². The summed E-state index contributed by atoms with van der Waals surface area (Å²) < 4.78 is 14.5. The molecule has 0 bridgehead atoms. The Hall–Kier alpha value is -2.25. The summed E-state index contributed by atoms with van der Waals surface area (Å²) >= 11 is 0. The van der Waals surface area contributed by atoms with Gasteiger partial charge in [-0.05, 0) is 56.1 Å². The summed E-state index contributed by atoms with van der Waals surface area (Å²) in [4.78, 5) is 14.5. The van der Waals surface area contributed by atoms with Gasteiger partial charge in [-0.2, -0.15) is 5.10 Å². The van der Waals surface area contributed by atoms with Gasteiger partial charge in [0.05, 0.1) is 11.8 Å². The highest BCUT2D eigenvalue weighted by Gasteiger charge is 2.16. The van der Waals surface area contributed by atoms with Gasteiger partial charge in [-0.25, -0.2) is 9.07 Å². The molecule has 1 saturated heterocycles. The van der Waals surface area contributed by atoms with Gasteiger partial charge in [0.2, 0.25) is 0 Å². The lowest BCUT2D eigenvalue weighted by atomic mass is 10.1. The number of nitrogens with zero attached hydrogens (tertiary/aromatic N) is 3. The molecule has 6 nitrogen and oxygen atoms in total. The van der Waals surface area contributed by atoms with E-state index in [0.717, 1.165) is 38.9 Å². The fourth-order valence-electron chi connectivity index (χ4n) is 2.92. The molecule has 2 N–H and O–H groups in total. The number of amides is 1. The van der Waals surface area contributed by atoms with Crippen LogP contribution in [0.1, 0.15) is 29.8 Å². The van der Waals surface area contributed by atoms with Crippen LogP contribution in [0.25, 0.3) is 5.69 Å². The predicted octanol–water partition coefficient (Wildman–Crippen LogP) is 1.59. The number of hydrogen-bond acceptors (Lipinski definition) is 4. The maximum absolute atomic E-state index is 13.0. The molecule has 1 amide bonds. The monoisotopic (exact) mass is 346 g/mol. The van der Waals surface area contributed by atoms with E-state index in [1.807, 2.05) is 0 Å². The molecule has 0 aliphatic carbocycles. The first-order valence-corrected chi connectivity index (χ1v) is 8.62. The highest BCUT2D eigenvalue weighted by molar-refractivity contribution is 5.92. The zero-order chi connectivity index (χ0) is 17.6. The number of benzene rings is 1. The van der Waals surface area contributed by atoms with Crippen molar-refractivity contribution in [2.24, 2.45) is 0 Å². The van der Waals surface area contributed by atoms with Crippen molar-refractivity contribution in [3.63, 3.8) is 0 Å². The molecule has 134 valence electrons. The van der Waals surface area contributed by atoms with E-state index < -0.39 is 0 Å². The number of hydrogen-bond donors (Lipinski definition) is 2. The van der Waals surface area contributed by atoms with Gasteiger partial charge in [0, 0.05) is 25.8 Å². The molecule has 0 spiro atoms. The molecule has 1 aliphatic heterocycles. The van der Waals surface area contributed by atoms with Crippen LogP contribution < -0.4 is 5.32 Å². The fraction of sp³-hybridized carbons (Fsp3) is 0.444. The van der Waals surface area contributed by atoms with E-state index >= 15 is 0 Å². The second-order valence-corrected chi connectivity index (χ2v) is 6.30. The van der Waals surface area contributed by atoms with E-state index in [4.69, 9.17) is 0 Å². The number of rotatable bonds is 6. The number of halogens is 1. The van der Waals surface area contributed by atoms with E-state index in [1.54, 1.807) is 29.1 Å². The summed E-state index contributed by atoms with van der Waals surface area (Å²) in [5.74, 6) is -0.521. The number of likely N-dealkylation sites (tertiary alicyclic amines) is 1. The Morgan fingerprint density at radius 2 is 1.96 bits per heavy atom. The molecule has 25 heavy (non-hydrogen) atoms. The molecule has 3 rings (SSSR count). The minimum Gasteiger partial charge on any atom is -0.393 e. The summed E-state index contributed by atoms with van der Waals surface area (Å²) in [5, 5.41) is 16.6. The van der Waals surface area contributed by atoms with Crippen LogP contribution in [-0.2, 0) is 0 Å². The first-order chi connectivity index (χ1) is 12.1. The summed E-state index contributed by atoms with van der Waals surface area (Å²) in [7, 11) is 0. The molecular formula is C18H23FN4O2. The molecule has 1 fully saturated rings. The van der Waals surface area contributed by atoms with E-state index in [0.29, 0.717) is 17.9 Å². The number of aromatic nitrogens is 2. The Morgan fingerprint density at radius 3 is 2.68 bits per heavy atom. The average molecular weight is 346 g/mol. The van der Waals surface area contributed by atoms with Crippen LogP contribution in [0.4, 0.5) is 4.39 Å². The SMILES string of the molecule is O=C(NCCCN1CCC(O)CC1)c1ccn(-c2ccc(F)cc2)n1. The number of nitrogens with one attached hydrogen (secondary N) is 1. The predicted molar refractivity (Wildman–Crippen MR) is 92.2 cm³/mol. The quantitative estimate of drug-likeness (QED) is 0.780. The Kier molecular flexibility index (Phi) is 5.78. The molecule has 0 radical (unpaired) electrons. The van der Waals surface area contributed by atoms with Crippen molar-refractivity contribution in [2.45, 2.75) is 25.4 Å². The maximum Gasteiger partial charge on any atom is 0.271 e. The second-order valence-electron chi connectivity index (χ2n) is 6.30. The Bertz CT molecular complexity index is 693. The number of carbonyl (C=O) groups excluding carboxylic acids is 1. The highest BCUT2D eigenvalue weighted by atomic mass is 19.1. The molecule has 0 atom stereocenters. The van der Waals surface area contributed by atoms with Gasteiger partial charge in [0.25, 0.3) is 5.91 Å².